The number of anilines is 2. The highest BCUT2D eigenvalue weighted by Crippen LogP contribution is 2.26. The number of fused-ring (bicyclic) bond motifs is 1. The van der Waals surface area contributed by atoms with Crippen molar-refractivity contribution in [3.05, 3.63) is 44.6 Å². The molecule has 0 bridgehead atoms. The maximum absolute atomic E-state index is 12.6. The minimum absolute atomic E-state index is 0.118. The number of hydrogen-bond donors (Lipinski definition) is 2. The second-order valence-electron chi connectivity index (χ2n) is 6.72. The summed E-state index contributed by atoms with van der Waals surface area (Å²) in [6, 6.07) is 5.62. The molecule has 2 N–H and O–H groups in total. The van der Waals surface area contributed by atoms with Gasteiger partial charge in [-0.15, -0.1) is 0 Å². The largest absolute Gasteiger partial charge is 0.390 e. The predicted octanol–water partition coefficient (Wildman–Crippen LogP) is 3.45. The van der Waals surface area contributed by atoms with Crippen LogP contribution in [-0.4, -0.2) is 29.8 Å². The Bertz CT molecular complexity index is 1020. The van der Waals surface area contributed by atoms with Crippen LogP contribution in [0.2, 0.25) is 5.28 Å². The quantitative estimate of drug-likeness (QED) is 0.594. The fourth-order valence-corrected chi connectivity index (χ4v) is 3.08. The normalized spacial score (nSPS) is 11.9. The minimum Gasteiger partial charge on any atom is -0.390 e. The molecule has 0 unspecified atom stereocenters. The van der Waals surface area contributed by atoms with Crippen LogP contribution in [-0.2, 0) is 13.6 Å². The van der Waals surface area contributed by atoms with Gasteiger partial charge in [0.2, 0.25) is 5.28 Å². The Morgan fingerprint density at radius 2 is 2.08 bits per heavy atom. The van der Waals surface area contributed by atoms with Gasteiger partial charge in [-0.1, -0.05) is 0 Å². The van der Waals surface area contributed by atoms with Crippen LogP contribution in [0.15, 0.2) is 33.7 Å². The molecular weight excluding hydrogens is 422 g/mol. The maximum Gasteiger partial charge on any atom is 0.328 e. The Balaban J connectivity index is 2.01. The summed E-state index contributed by atoms with van der Waals surface area (Å²) in [5, 5.41) is 13.3. The van der Waals surface area contributed by atoms with E-state index < -0.39 is 5.60 Å². The van der Waals surface area contributed by atoms with Gasteiger partial charge < -0.3 is 10.4 Å². The monoisotopic (exact) mass is 439 g/mol. The number of imidazole rings is 1. The molecule has 0 amide bonds. The number of nitrogens with one attached hydrogen (secondary N) is 1. The number of hydrogen-bond acceptors (Lipinski definition) is 5. The highest BCUT2D eigenvalue weighted by molar-refractivity contribution is 9.10. The molecule has 0 radical (unpaired) electrons. The minimum atomic E-state index is -0.847. The maximum atomic E-state index is 12.6. The third-order valence-corrected chi connectivity index (χ3v) is 4.83. The number of aliphatic hydroxyl groups is 1. The molecule has 138 valence electrons. The van der Waals surface area contributed by atoms with Crippen LogP contribution in [0.4, 0.5) is 11.5 Å². The van der Waals surface area contributed by atoms with Crippen LogP contribution in [0.5, 0.6) is 0 Å². The lowest BCUT2D eigenvalue weighted by Crippen LogP contribution is -2.27. The summed E-state index contributed by atoms with van der Waals surface area (Å²) in [6.45, 7) is 3.88. The van der Waals surface area contributed by atoms with Gasteiger partial charge in [0.15, 0.2) is 0 Å². The molecule has 0 aliphatic heterocycles. The Morgan fingerprint density at radius 1 is 1.35 bits per heavy atom. The number of nitrogens with zero attached hydrogens (tertiary/aromatic N) is 4. The van der Waals surface area contributed by atoms with Crippen molar-refractivity contribution in [1.29, 1.82) is 0 Å². The molecule has 3 rings (SSSR count). The van der Waals surface area contributed by atoms with E-state index in [0.717, 1.165) is 16.7 Å². The van der Waals surface area contributed by atoms with Gasteiger partial charge >= 0.3 is 5.69 Å². The van der Waals surface area contributed by atoms with Gasteiger partial charge in [-0.25, -0.2) is 9.78 Å². The zero-order chi connectivity index (χ0) is 19.1. The first kappa shape index (κ1) is 18.9. The molecule has 0 fully saturated rings. The molecular formula is C17H19BrClN5O2. The molecule has 0 saturated heterocycles. The van der Waals surface area contributed by atoms with E-state index in [0.29, 0.717) is 23.3 Å². The molecule has 0 saturated carbocycles. The van der Waals surface area contributed by atoms with E-state index >= 15 is 0 Å². The van der Waals surface area contributed by atoms with Crippen LogP contribution < -0.4 is 11.0 Å². The lowest BCUT2D eigenvalue weighted by atomic mass is 10.1. The number of aromatic nitrogens is 4. The van der Waals surface area contributed by atoms with Crippen molar-refractivity contribution >= 4 is 50.1 Å². The van der Waals surface area contributed by atoms with Crippen molar-refractivity contribution in [2.75, 3.05) is 5.32 Å². The van der Waals surface area contributed by atoms with Crippen LogP contribution in [0, 0.1) is 0 Å². The second kappa shape index (κ2) is 7.02. The van der Waals surface area contributed by atoms with Gasteiger partial charge in [0.1, 0.15) is 5.82 Å². The van der Waals surface area contributed by atoms with E-state index in [1.54, 1.807) is 36.2 Å². The Kier molecular flexibility index (Phi) is 5.09. The number of aryl methyl sites for hydroxylation is 2. The van der Waals surface area contributed by atoms with E-state index in [9.17, 15) is 9.90 Å². The smallest absolute Gasteiger partial charge is 0.328 e. The number of benzene rings is 1. The molecule has 0 aliphatic carbocycles. The van der Waals surface area contributed by atoms with E-state index in [4.69, 9.17) is 11.6 Å². The Labute approximate surface area is 163 Å². The standard InChI is InChI=1S/C17H19BrClN5O2/c1-17(2,26)6-7-24-13-8-10(4-5-12(13)23(3)16(24)25)21-14-11(18)9-20-15(19)22-14/h4-5,8-9,26H,6-7H2,1-3H3,(H,20,21,22). The summed E-state index contributed by atoms with van der Waals surface area (Å²) < 4.78 is 3.94. The first-order chi connectivity index (χ1) is 12.2. The first-order valence-corrected chi connectivity index (χ1v) is 9.19. The zero-order valence-electron chi connectivity index (χ0n) is 14.6. The van der Waals surface area contributed by atoms with Crippen molar-refractivity contribution in [3.8, 4) is 0 Å². The lowest BCUT2D eigenvalue weighted by molar-refractivity contribution is 0.0662. The van der Waals surface area contributed by atoms with Gasteiger partial charge in [0, 0.05) is 25.5 Å². The van der Waals surface area contributed by atoms with Gasteiger partial charge in [0.05, 0.1) is 21.1 Å². The van der Waals surface area contributed by atoms with Crippen molar-refractivity contribution < 1.29 is 5.11 Å². The van der Waals surface area contributed by atoms with Crippen molar-refractivity contribution in [3.63, 3.8) is 0 Å². The van der Waals surface area contributed by atoms with Gasteiger partial charge in [-0.05, 0) is 66.0 Å². The topological polar surface area (TPSA) is 85.0 Å². The SMILES string of the molecule is Cn1c(=O)n(CCC(C)(C)O)c2cc(Nc3nc(Cl)ncc3Br)ccc21. The third-order valence-electron chi connectivity index (χ3n) is 4.07. The summed E-state index contributed by atoms with van der Waals surface area (Å²) in [5.41, 5.74) is 1.39. The molecule has 7 nitrogen and oxygen atoms in total. The average Bonchev–Trinajstić information content (AvgIpc) is 2.79. The van der Waals surface area contributed by atoms with Crippen LogP contribution in [0.25, 0.3) is 11.0 Å². The fraction of sp³-hybridized carbons (Fsp3) is 0.353. The van der Waals surface area contributed by atoms with E-state index in [2.05, 4.69) is 31.2 Å². The average molecular weight is 441 g/mol. The molecule has 0 aliphatic rings. The molecule has 9 heteroatoms. The molecule has 0 spiro atoms. The lowest BCUT2D eigenvalue weighted by Gasteiger charge is -2.17. The highest BCUT2D eigenvalue weighted by Gasteiger charge is 2.17. The van der Waals surface area contributed by atoms with E-state index in [-0.39, 0.29) is 11.0 Å². The van der Waals surface area contributed by atoms with Gasteiger partial charge in [0.25, 0.3) is 0 Å². The van der Waals surface area contributed by atoms with E-state index in [1.165, 1.54) is 0 Å². The van der Waals surface area contributed by atoms with Crippen LogP contribution in [0.1, 0.15) is 20.3 Å². The van der Waals surface area contributed by atoms with Crippen LogP contribution >= 0.6 is 27.5 Å². The summed E-state index contributed by atoms with van der Waals surface area (Å²) in [4.78, 5) is 20.6. The summed E-state index contributed by atoms with van der Waals surface area (Å²) in [5.74, 6) is 0.533. The Hall–Kier alpha value is -1.90. The molecule has 2 heterocycles. The summed E-state index contributed by atoms with van der Waals surface area (Å²) in [7, 11) is 1.74. The van der Waals surface area contributed by atoms with E-state index in [1.807, 2.05) is 18.2 Å². The highest BCUT2D eigenvalue weighted by atomic mass is 79.9. The summed E-state index contributed by atoms with van der Waals surface area (Å²) >= 11 is 9.24. The molecule has 0 atom stereocenters. The van der Waals surface area contributed by atoms with Crippen molar-refractivity contribution in [1.82, 2.24) is 19.1 Å². The summed E-state index contributed by atoms with van der Waals surface area (Å²) in [6.07, 6.45) is 2.04. The van der Waals surface area contributed by atoms with Gasteiger partial charge in [-0.3, -0.25) is 9.13 Å². The second-order valence-corrected chi connectivity index (χ2v) is 7.91. The first-order valence-electron chi connectivity index (χ1n) is 8.02. The predicted molar refractivity (Wildman–Crippen MR) is 106 cm³/mol. The van der Waals surface area contributed by atoms with Gasteiger partial charge in [-0.2, -0.15) is 4.98 Å². The Morgan fingerprint density at radius 3 is 2.77 bits per heavy atom. The zero-order valence-corrected chi connectivity index (χ0v) is 17.0. The fourth-order valence-electron chi connectivity index (χ4n) is 2.66. The molecule has 2 aromatic heterocycles. The number of rotatable bonds is 5. The molecule has 1 aromatic carbocycles. The third kappa shape index (κ3) is 3.92. The van der Waals surface area contributed by atoms with Crippen molar-refractivity contribution in [2.45, 2.75) is 32.4 Å². The van der Waals surface area contributed by atoms with Crippen molar-refractivity contribution in [2.24, 2.45) is 7.05 Å². The molecule has 3 aromatic rings. The van der Waals surface area contributed by atoms with Crippen LogP contribution in [0.3, 0.4) is 0 Å². The molecule has 26 heavy (non-hydrogen) atoms. The number of halogens is 2.